The minimum absolute atomic E-state index is 0.0644. The highest BCUT2D eigenvalue weighted by atomic mass is 79.9. The number of carbonyl (C=O) groups is 1. The van der Waals surface area contributed by atoms with Gasteiger partial charge in [0.1, 0.15) is 16.2 Å². The second-order valence-corrected chi connectivity index (χ2v) is 7.27. The summed E-state index contributed by atoms with van der Waals surface area (Å²) in [5.74, 6) is 0.0558. The van der Waals surface area contributed by atoms with Crippen LogP contribution in [-0.2, 0) is 4.79 Å². The molecule has 1 amide bonds. The van der Waals surface area contributed by atoms with Crippen LogP contribution in [-0.4, -0.2) is 10.9 Å². The second-order valence-electron chi connectivity index (χ2n) is 6.46. The number of nitrogens with one attached hydrogen (secondary N) is 1. The van der Waals surface area contributed by atoms with E-state index in [0.29, 0.717) is 16.2 Å². The predicted octanol–water partition coefficient (Wildman–Crippen LogP) is 4.80. The molecule has 1 atom stereocenters. The number of carbonyl (C=O) groups excluding carboxylic acids is 1. The number of hydrogen-bond donors (Lipinski definition) is 1. The van der Waals surface area contributed by atoms with Crippen LogP contribution in [0.5, 0.6) is 0 Å². The highest BCUT2D eigenvalue weighted by molar-refractivity contribution is 9.10. The topological polar surface area (TPSA) is 65.8 Å². The van der Waals surface area contributed by atoms with E-state index in [2.05, 4.69) is 26.2 Å². The van der Waals surface area contributed by atoms with Gasteiger partial charge in [-0.2, -0.15) is 5.26 Å². The van der Waals surface area contributed by atoms with Crippen LogP contribution < -0.4 is 5.32 Å². The SMILES string of the molecule is N#C/C(=C\c1cccc(Br)n1)C(=O)N[C@@H](c1ccccc1)C1CCCC1. The molecule has 1 aliphatic carbocycles. The Morgan fingerprint density at radius 2 is 1.92 bits per heavy atom. The molecule has 4 nitrogen and oxygen atoms in total. The van der Waals surface area contributed by atoms with Crippen molar-refractivity contribution in [1.29, 1.82) is 5.26 Å². The van der Waals surface area contributed by atoms with Crippen LogP contribution in [0, 0.1) is 17.2 Å². The fourth-order valence-corrected chi connectivity index (χ4v) is 3.80. The fourth-order valence-electron chi connectivity index (χ4n) is 3.44. The third-order valence-electron chi connectivity index (χ3n) is 4.71. The summed E-state index contributed by atoms with van der Waals surface area (Å²) in [6.07, 6.45) is 6.09. The van der Waals surface area contributed by atoms with E-state index in [-0.39, 0.29) is 17.5 Å². The third kappa shape index (κ3) is 4.59. The Morgan fingerprint density at radius 1 is 1.19 bits per heavy atom. The quantitative estimate of drug-likeness (QED) is 0.438. The minimum Gasteiger partial charge on any atom is -0.344 e. The Bertz CT molecular complexity index is 836. The average Bonchev–Trinajstić information content (AvgIpc) is 3.19. The molecule has 2 aromatic rings. The molecule has 1 aliphatic rings. The van der Waals surface area contributed by atoms with Crippen molar-refractivity contribution in [3.63, 3.8) is 0 Å². The molecule has 0 saturated heterocycles. The lowest BCUT2D eigenvalue weighted by molar-refractivity contribution is -0.118. The van der Waals surface area contributed by atoms with Crippen molar-refractivity contribution < 1.29 is 4.79 Å². The molecule has 0 bridgehead atoms. The Labute approximate surface area is 162 Å². The molecule has 3 rings (SSSR count). The molecule has 1 aromatic carbocycles. The van der Waals surface area contributed by atoms with Gasteiger partial charge in [-0.1, -0.05) is 49.2 Å². The van der Waals surface area contributed by atoms with Crippen molar-refractivity contribution in [2.24, 2.45) is 5.92 Å². The number of amides is 1. The molecule has 1 heterocycles. The van der Waals surface area contributed by atoms with Gasteiger partial charge >= 0.3 is 0 Å². The predicted molar refractivity (Wildman–Crippen MR) is 105 cm³/mol. The van der Waals surface area contributed by atoms with Crippen molar-refractivity contribution in [3.05, 3.63) is 70.0 Å². The average molecular weight is 410 g/mol. The zero-order valence-electron chi connectivity index (χ0n) is 14.4. The zero-order valence-corrected chi connectivity index (χ0v) is 15.9. The van der Waals surface area contributed by atoms with E-state index in [9.17, 15) is 10.1 Å². The molecular weight excluding hydrogens is 390 g/mol. The molecule has 0 spiro atoms. The van der Waals surface area contributed by atoms with Gasteiger partial charge < -0.3 is 5.32 Å². The number of rotatable bonds is 5. The van der Waals surface area contributed by atoms with E-state index in [0.717, 1.165) is 18.4 Å². The van der Waals surface area contributed by atoms with Gasteiger partial charge in [0.15, 0.2) is 0 Å². The Balaban J connectivity index is 1.83. The molecule has 5 heteroatoms. The van der Waals surface area contributed by atoms with E-state index in [4.69, 9.17) is 0 Å². The fraction of sp³-hybridized carbons (Fsp3) is 0.286. The summed E-state index contributed by atoms with van der Waals surface area (Å²) < 4.78 is 0.664. The van der Waals surface area contributed by atoms with Gasteiger partial charge in [0.25, 0.3) is 5.91 Å². The highest BCUT2D eigenvalue weighted by Crippen LogP contribution is 2.35. The van der Waals surface area contributed by atoms with Crippen LogP contribution in [0.3, 0.4) is 0 Å². The first-order valence-corrected chi connectivity index (χ1v) is 9.57. The number of pyridine rings is 1. The molecule has 1 fully saturated rings. The van der Waals surface area contributed by atoms with E-state index >= 15 is 0 Å². The Kier molecular flexibility index (Phi) is 6.19. The first kappa shape index (κ1) is 18.3. The maximum absolute atomic E-state index is 12.8. The number of nitrogens with zero attached hydrogens (tertiary/aromatic N) is 2. The van der Waals surface area contributed by atoms with Gasteiger partial charge in [0.05, 0.1) is 11.7 Å². The molecule has 1 N–H and O–H groups in total. The molecule has 26 heavy (non-hydrogen) atoms. The smallest absolute Gasteiger partial charge is 0.262 e. The van der Waals surface area contributed by atoms with Crippen LogP contribution in [0.15, 0.2) is 58.7 Å². The highest BCUT2D eigenvalue weighted by Gasteiger charge is 2.28. The van der Waals surface area contributed by atoms with E-state index < -0.39 is 0 Å². The summed E-state index contributed by atoms with van der Waals surface area (Å²) in [5, 5.41) is 12.5. The molecule has 0 aliphatic heterocycles. The van der Waals surface area contributed by atoms with Crippen LogP contribution >= 0.6 is 15.9 Å². The molecule has 0 unspecified atom stereocenters. The van der Waals surface area contributed by atoms with Gasteiger partial charge in [0.2, 0.25) is 0 Å². The van der Waals surface area contributed by atoms with Crippen molar-refractivity contribution >= 4 is 27.9 Å². The van der Waals surface area contributed by atoms with Crippen LogP contribution in [0.4, 0.5) is 0 Å². The first-order valence-electron chi connectivity index (χ1n) is 8.77. The maximum atomic E-state index is 12.8. The minimum atomic E-state index is -0.352. The summed E-state index contributed by atoms with van der Waals surface area (Å²) in [7, 11) is 0. The Hall–Kier alpha value is -2.45. The van der Waals surface area contributed by atoms with E-state index in [1.165, 1.54) is 18.9 Å². The summed E-state index contributed by atoms with van der Waals surface area (Å²) in [5.41, 5.74) is 1.73. The Morgan fingerprint density at radius 3 is 2.58 bits per heavy atom. The van der Waals surface area contributed by atoms with Crippen molar-refractivity contribution in [1.82, 2.24) is 10.3 Å². The van der Waals surface area contributed by atoms with E-state index in [1.54, 1.807) is 12.1 Å². The van der Waals surface area contributed by atoms with Crippen LogP contribution in [0.25, 0.3) is 6.08 Å². The number of halogens is 1. The van der Waals surface area contributed by atoms with Crippen molar-refractivity contribution in [2.45, 2.75) is 31.7 Å². The molecular formula is C21H20BrN3O. The van der Waals surface area contributed by atoms with Crippen LogP contribution in [0.1, 0.15) is 43.0 Å². The van der Waals surface area contributed by atoms with Gasteiger partial charge in [-0.15, -0.1) is 0 Å². The number of aromatic nitrogens is 1. The third-order valence-corrected chi connectivity index (χ3v) is 5.15. The summed E-state index contributed by atoms with van der Waals surface area (Å²) >= 11 is 3.30. The number of nitriles is 1. The largest absolute Gasteiger partial charge is 0.344 e. The lowest BCUT2D eigenvalue weighted by Crippen LogP contribution is -2.33. The number of hydrogen-bond acceptors (Lipinski definition) is 3. The lowest BCUT2D eigenvalue weighted by Gasteiger charge is -2.25. The van der Waals surface area contributed by atoms with Gasteiger partial charge in [-0.25, -0.2) is 4.98 Å². The second kappa shape index (κ2) is 8.77. The zero-order chi connectivity index (χ0) is 18.4. The maximum Gasteiger partial charge on any atom is 0.262 e. The summed E-state index contributed by atoms with van der Waals surface area (Å²) in [6, 6.07) is 17.3. The standard InChI is InChI=1S/C21H20BrN3O/c22-19-12-6-11-18(24-19)13-17(14-23)21(26)25-20(16-9-4-5-10-16)15-7-2-1-3-8-15/h1-3,6-8,11-13,16,20H,4-5,9-10H2,(H,25,26)/b17-13+/t20-/m0/s1. The molecule has 1 saturated carbocycles. The lowest BCUT2D eigenvalue weighted by atomic mass is 9.91. The van der Waals surface area contributed by atoms with Crippen molar-refractivity contribution in [2.75, 3.05) is 0 Å². The van der Waals surface area contributed by atoms with E-state index in [1.807, 2.05) is 42.5 Å². The molecule has 132 valence electrons. The first-order chi connectivity index (χ1) is 12.7. The van der Waals surface area contributed by atoms with Gasteiger partial charge in [-0.05, 0) is 58.5 Å². The van der Waals surface area contributed by atoms with Gasteiger partial charge in [-0.3, -0.25) is 4.79 Å². The molecule has 0 radical (unpaired) electrons. The van der Waals surface area contributed by atoms with Gasteiger partial charge in [0, 0.05) is 0 Å². The normalized spacial score (nSPS) is 16.1. The monoisotopic (exact) mass is 409 g/mol. The summed E-state index contributed by atoms with van der Waals surface area (Å²) in [6.45, 7) is 0. The molecule has 1 aromatic heterocycles. The van der Waals surface area contributed by atoms with Crippen molar-refractivity contribution in [3.8, 4) is 6.07 Å². The summed E-state index contributed by atoms with van der Waals surface area (Å²) in [4.78, 5) is 17.0. The number of benzene rings is 1. The van der Waals surface area contributed by atoms with Crippen LogP contribution in [0.2, 0.25) is 0 Å².